The number of fused-ring (bicyclic) bond motifs is 1. The summed E-state index contributed by atoms with van der Waals surface area (Å²) >= 11 is 2.62. The van der Waals surface area contributed by atoms with Gasteiger partial charge in [0.2, 0.25) is 5.91 Å². The first-order valence-electron chi connectivity index (χ1n) is 12.0. The lowest BCUT2D eigenvalue weighted by Gasteiger charge is -2.20. The van der Waals surface area contributed by atoms with Gasteiger partial charge >= 0.3 is 12.6 Å². The molecule has 0 saturated carbocycles. The average Bonchev–Trinajstić information content (AvgIpc) is 3.24. The Kier molecular flexibility index (Phi) is 9.09. The smallest absolute Gasteiger partial charge is 0.387 e. The number of nitrogens with one attached hydrogen (secondary N) is 1. The van der Waals surface area contributed by atoms with Gasteiger partial charge in [-0.05, 0) is 68.0 Å². The Hall–Kier alpha value is -3.05. The summed E-state index contributed by atoms with van der Waals surface area (Å²) in [6.45, 7) is 1.31. The van der Waals surface area contributed by atoms with E-state index in [0.717, 1.165) is 47.9 Å². The molecule has 1 amide bonds. The molecule has 0 aliphatic heterocycles. The monoisotopic (exact) mass is 547 g/mol. The van der Waals surface area contributed by atoms with E-state index in [1.54, 1.807) is 31.3 Å². The summed E-state index contributed by atoms with van der Waals surface area (Å²) in [5.41, 5.74) is 2.76. The van der Waals surface area contributed by atoms with Gasteiger partial charge in [-0.15, -0.1) is 11.3 Å². The largest absolute Gasteiger partial charge is 0.462 e. The van der Waals surface area contributed by atoms with E-state index in [-0.39, 0.29) is 24.0 Å². The number of halogens is 2. The fraction of sp³-hybridized carbons (Fsp3) is 0.385. The molecule has 2 heterocycles. The first-order chi connectivity index (χ1) is 17.9. The zero-order valence-corrected chi connectivity index (χ0v) is 22.1. The summed E-state index contributed by atoms with van der Waals surface area (Å²) < 4.78 is 34.4. The van der Waals surface area contributed by atoms with Gasteiger partial charge in [-0.25, -0.2) is 14.8 Å². The van der Waals surface area contributed by atoms with E-state index in [1.165, 1.54) is 23.5 Å². The highest BCUT2D eigenvalue weighted by Gasteiger charge is 2.29. The molecule has 0 radical (unpaired) electrons. The van der Waals surface area contributed by atoms with Crippen LogP contribution in [0.4, 0.5) is 13.8 Å². The number of hydrogen-bond acceptors (Lipinski definition) is 8. The van der Waals surface area contributed by atoms with Crippen molar-refractivity contribution in [2.45, 2.75) is 51.3 Å². The van der Waals surface area contributed by atoms with Crippen molar-refractivity contribution in [1.82, 2.24) is 9.97 Å². The van der Waals surface area contributed by atoms with Crippen LogP contribution in [0.1, 0.15) is 47.5 Å². The number of aromatic nitrogens is 2. The highest BCUT2D eigenvalue weighted by atomic mass is 32.2. The lowest BCUT2D eigenvalue weighted by atomic mass is 9.85. The maximum Gasteiger partial charge on any atom is 0.387 e. The Morgan fingerprint density at radius 3 is 2.70 bits per heavy atom. The molecule has 1 N–H and O–H groups in total. The third-order valence-corrected chi connectivity index (χ3v) is 8.05. The fourth-order valence-corrected chi connectivity index (χ4v) is 6.18. The van der Waals surface area contributed by atoms with Crippen LogP contribution in [0.2, 0.25) is 0 Å². The molecule has 0 bridgehead atoms. The lowest BCUT2D eigenvalue weighted by molar-refractivity contribution is -0.113. The molecule has 1 aliphatic carbocycles. The third kappa shape index (κ3) is 6.84. The van der Waals surface area contributed by atoms with Crippen molar-refractivity contribution in [1.29, 1.82) is 0 Å². The van der Waals surface area contributed by atoms with E-state index >= 15 is 0 Å². The summed E-state index contributed by atoms with van der Waals surface area (Å²) in [6.07, 6.45) is 5.38. The molecule has 37 heavy (non-hydrogen) atoms. The number of hydrogen-bond donors (Lipinski definition) is 1. The molecule has 1 unspecified atom stereocenters. The number of carbonyl (C=O) groups excluding carboxylic acids is 2. The second-order valence-electron chi connectivity index (χ2n) is 8.41. The molecule has 196 valence electrons. The number of anilines is 1. The zero-order valence-electron chi connectivity index (χ0n) is 20.5. The summed E-state index contributed by atoms with van der Waals surface area (Å²) in [6, 6.07) is 7.82. The van der Waals surface area contributed by atoms with Gasteiger partial charge in [0.15, 0.2) is 5.16 Å². The Balaban J connectivity index is 1.43. The Labute approximate surface area is 222 Å². The van der Waals surface area contributed by atoms with Crippen molar-refractivity contribution < 1.29 is 27.8 Å². The normalized spacial score (nSPS) is 14.8. The first kappa shape index (κ1) is 27.0. The van der Waals surface area contributed by atoms with Gasteiger partial charge in [0.05, 0.1) is 23.6 Å². The molecular weight excluding hydrogens is 520 g/mol. The van der Waals surface area contributed by atoms with Crippen LogP contribution in [-0.2, 0) is 22.4 Å². The molecule has 0 fully saturated rings. The minimum Gasteiger partial charge on any atom is -0.462 e. The van der Waals surface area contributed by atoms with E-state index in [1.807, 2.05) is 0 Å². The Morgan fingerprint density at radius 2 is 2.00 bits per heavy atom. The minimum atomic E-state index is -2.89. The number of nitrogens with zero attached hydrogens (tertiary/aromatic N) is 2. The summed E-state index contributed by atoms with van der Waals surface area (Å²) in [5.74, 6) is 0.00892. The molecular formula is C26H27F2N3O4S2. The van der Waals surface area contributed by atoms with E-state index in [2.05, 4.69) is 26.9 Å². The molecule has 0 spiro atoms. The van der Waals surface area contributed by atoms with Gasteiger partial charge in [-0.2, -0.15) is 8.78 Å². The van der Waals surface area contributed by atoms with Crippen LogP contribution in [-0.4, -0.2) is 40.8 Å². The third-order valence-electron chi connectivity index (χ3n) is 6.02. The second-order valence-corrected chi connectivity index (χ2v) is 10.5. The van der Waals surface area contributed by atoms with E-state index in [4.69, 9.17) is 4.74 Å². The average molecular weight is 548 g/mol. The lowest BCUT2D eigenvalue weighted by Crippen LogP contribution is -2.18. The van der Waals surface area contributed by atoms with Crippen LogP contribution >= 0.6 is 23.1 Å². The summed E-state index contributed by atoms with van der Waals surface area (Å²) in [5, 5.41) is 3.83. The molecule has 0 saturated heterocycles. The number of ether oxygens (including phenoxy) is 2. The molecule has 1 aliphatic rings. The van der Waals surface area contributed by atoms with Crippen LogP contribution in [0.15, 0.2) is 41.7 Å². The number of esters is 1. The van der Waals surface area contributed by atoms with Crippen molar-refractivity contribution in [2.75, 3.05) is 17.7 Å². The number of amides is 1. The fourth-order valence-electron chi connectivity index (χ4n) is 4.18. The van der Waals surface area contributed by atoms with Crippen molar-refractivity contribution in [2.24, 2.45) is 5.92 Å². The molecule has 11 heteroatoms. The highest BCUT2D eigenvalue weighted by molar-refractivity contribution is 7.99. The van der Waals surface area contributed by atoms with Gasteiger partial charge in [0.25, 0.3) is 0 Å². The van der Waals surface area contributed by atoms with Crippen molar-refractivity contribution in [3.63, 3.8) is 0 Å². The van der Waals surface area contributed by atoms with Crippen LogP contribution < -0.4 is 10.1 Å². The number of alkyl halides is 2. The van der Waals surface area contributed by atoms with Crippen LogP contribution in [0.3, 0.4) is 0 Å². The van der Waals surface area contributed by atoms with Gasteiger partial charge in [0.1, 0.15) is 10.8 Å². The molecule has 4 rings (SSSR count). The number of thiophene rings is 1. The second kappa shape index (κ2) is 12.5. The van der Waals surface area contributed by atoms with Gasteiger partial charge < -0.3 is 14.8 Å². The van der Waals surface area contributed by atoms with Crippen molar-refractivity contribution in [3.05, 3.63) is 52.5 Å². The first-order valence-corrected chi connectivity index (χ1v) is 13.8. The molecule has 3 aromatic rings. The predicted molar refractivity (Wildman–Crippen MR) is 140 cm³/mol. The van der Waals surface area contributed by atoms with E-state index in [9.17, 15) is 18.4 Å². The van der Waals surface area contributed by atoms with Crippen molar-refractivity contribution in [3.8, 4) is 17.0 Å². The topological polar surface area (TPSA) is 90.4 Å². The van der Waals surface area contributed by atoms with Crippen molar-refractivity contribution >= 4 is 40.0 Å². The summed E-state index contributed by atoms with van der Waals surface area (Å²) in [4.78, 5) is 35.4. The minimum absolute atomic E-state index is 0.0486. The Morgan fingerprint density at radius 1 is 1.22 bits per heavy atom. The van der Waals surface area contributed by atoms with E-state index in [0.29, 0.717) is 32.9 Å². The molecule has 7 nitrogen and oxygen atoms in total. The quantitative estimate of drug-likeness (QED) is 0.183. The number of carbonyl (C=O) groups is 2. The van der Waals surface area contributed by atoms with Gasteiger partial charge in [-0.3, -0.25) is 4.79 Å². The van der Waals surface area contributed by atoms with Crippen LogP contribution in [0.5, 0.6) is 5.75 Å². The molecule has 1 atom stereocenters. The SMILES string of the molecule is CCOC(=O)c1c(NC(=O)CSc2nccc(-c3ccc(OC(F)F)cc3)n2)sc2c1CCC(CC)C2. The van der Waals surface area contributed by atoms with Crippen LogP contribution in [0.25, 0.3) is 11.3 Å². The number of thioether (sulfide) groups is 1. The summed E-state index contributed by atoms with van der Waals surface area (Å²) in [7, 11) is 0. The number of benzene rings is 1. The molecule has 2 aromatic heterocycles. The zero-order chi connectivity index (χ0) is 26.4. The maximum absolute atomic E-state index is 12.8. The Bertz CT molecular complexity index is 1250. The maximum atomic E-state index is 12.8. The number of rotatable bonds is 10. The highest BCUT2D eigenvalue weighted by Crippen LogP contribution is 2.41. The predicted octanol–water partition coefficient (Wildman–Crippen LogP) is 6.23. The van der Waals surface area contributed by atoms with E-state index < -0.39 is 12.6 Å². The standard InChI is InChI=1S/C26H27F2N3O4S2/c1-3-15-5-10-18-20(13-15)37-23(22(18)24(33)34-4-2)31-21(32)14-36-26-29-12-11-19(30-26)16-6-8-17(9-7-16)35-25(27)28/h6-9,11-12,15,25H,3-5,10,13-14H2,1-2H3,(H,31,32). The van der Waals surface area contributed by atoms with Crippen LogP contribution in [0, 0.1) is 5.92 Å². The van der Waals surface area contributed by atoms with Gasteiger partial charge in [0, 0.05) is 16.6 Å². The van der Waals surface area contributed by atoms with Gasteiger partial charge in [-0.1, -0.05) is 25.1 Å². The molecule has 1 aromatic carbocycles.